The van der Waals surface area contributed by atoms with E-state index in [1.807, 2.05) is 0 Å². The molecule has 0 bridgehead atoms. The topological polar surface area (TPSA) is 450 Å². The van der Waals surface area contributed by atoms with Crippen LogP contribution >= 0.6 is 0 Å². The first kappa shape index (κ1) is 114. The summed E-state index contributed by atoms with van der Waals surface area (Å²) in [6.45, 7) is 6.28. The Balaban J connectivity index is 0. The predicted octanol–water partition coefficient (Wildman–Crippen LogP) is -2.60. The van der Waals surface area contributed by atoms with Crippen molar-refractivity contribution in [3.8, 4) is 0 Å². The van der Waals surface area contributed by atoms with Gasteiger partial charge in [-0.15, -0.1) is 0 Å². The van der Waals surface area contributed by atoms with Crippen molar-refractivity contribution in [1.82, 2.24) is 62.6 Å². The van der Waals surface area contributed by atoms with Crippen LogP contribution in [-0.2, 0) is 71.9 Å². The van der Waals surface area contributed by atoms with Gasteiger partial charge in [-0.25, -0.2) is 0 Å². The minimum Gasteiger partial charge on any atom is -0.870 e. The van der Waals surface area contributed by atoms with Crippen LogP contribution in [0, 0.1) is 5.92 Å². The fraction of sp³-hybridized carbons (Fsp3) is 0.821. The number of nitrogens with zero attached hydrogens (tertiary/aromatic N) is 3. The second-order valence-electron chi connectivity index (χ2n) is 31.2. The van der Waals surface area contributed by atoms with Crippen LogP contribution in [0.15, 0.2) is 0 Å². The summed E-state index contributed by atoms with van der Waals surface area (Å²) in [5, 5.41) is 46.8. The standard InChI is InChI=1S/C84H145N12O17.3Na.H2O/c1-4-7-10-13-16-19-22-25-28-31-34-45-73(100)94-58-37-42-68(94)82(111)91-65(41-40-61-97)79(108)88-54-52-85-71(98)62-64(78(107)87-56-57-90-81(110)67(49-51-77(105)106)93-84(113)70-44-39-60-96(70)75(102)47-36-33-30-27-24-21-18-15-12-9-6-3)63-72(99)86-53-55-89-80(109)66(48-50-76(103)104)92-83(112)69-43-38-59-95(69)74(101)46-35-32-29-26-23-20-17-14-11-8-5-2;;;;/h64-70H,4-60,62-63H2,1-3H3,(H,85,98)(H,86,99)(H,87,107)(H,88,108)(H,89,109)(H,90,110)(H,91,111)(H,92,112)(H,93,113)(H,103,104)(H,105,106);;;;1H2/q-1;3*+1;/p-3. The summed E-state index contributed by atoms with van der Waals surface area (Å²) in [6.07, 6.45) is 39.0. The van der Waals surface area contributed by atoms with Gasteiger partial charge >= 0.3 is 88.7 Å². The Hall–Kier alpha value is -4.79. The average Bonchev–Trinajstić information content (AvgIpc) is 1.79. The van der Waals surface area contributed by atoms with Gasteiger partial charge < -0.3 is 92.6 Å². The van der Waals surface area contributed by atoms with E-state index >= 15 is 0 Å². The number of carbonyl (C=O) groups is 14. The molecule has 3 heterocycles. The molecular formula is C84H144N12Na3O18-. The Morgan fingerprint density at radius 2 is 0.573 bits per heavy atom. The maximum Gasteiger partial charge on any atom is 1.00 e. The molecule has 12 amide bonds. The van der Waals surface area contributed by atoms with Gasteiger partial charge in [-0.2, -0.15) is 6.42 Å². The van der Waals surface area contributed by atoms with Gasteiger partial charge in [-0.3, -0.25) is 63.8 Å². The van der Waals surface area contributed by atoms with E-state index < -0.39 is 133 Å². The molecule has 7 unspecified atom stereocenters. The van der Waals surface area contributed by atoms with Crippen LogP contribution in [0.1, 0.15) is 342 Å². The van der Waals surface area contributed by atoms with Gasteiger partial charge in [0.1, 0.15) is 36.3 Å². The minimum absolute atomic E-state index is 0. The molecule has 33 heteroatoms. The molecule has 117 heavy (non-hydrogen) atoms. The molecule has 0 aromatic rings. The number of unbranched alkanes of at least 4 members (excludes halogenated alkanes) is 30. The number of likely N-dealkylation sites (tertiary alicyclic amines) is 3. The van der Waals surface area contributed by atoms with Crippen LogP contribution < -0.4 is 147 Å². The zero-order valence-corrected chi connectivity index (χ0v) is 78.5. The first-order valence-electron chi connectivity index (χ1n) is 43.8. The monoisotopic (exact) mass is 1680 g/mol. The van der Waals surface area contributed by atoms with Gasteiger partial charge in [0.2, 0.25) is 70.9 Å². The number of nitrogens with one attached hydrogen (secondary N) is 9. The van der Waals surface area contributed by atoms with Crippen molar-refractivity contribution < 1.29 is 176 Å². The minimum atomic E-state index is -1.47. The molecule has 0 radical (unpaired) electrons. The number of amides is 12. The summed E-state index contributed by atoms with van der Waals surface area (Å²) in [5.74, 6) is -11.1. The molecule has 0 saturated carbocycles. The normalized spacial score (nSPS) is 15.7. The molecule has 7 atom stereocenters. The van der Waals surface area contributed by atoms with Crippen molar-refractivity contribution in [2.75, 3.05) is 58.9 Å². The number of carboxylic acids is 2. The van der Waals surface area contributed by atoms with E-state index in [4.69, 9.17) is 0 Å². The Labute approximate surface area is 764 Å². The van der Waals surface area contributed by atoms with Gasteiger partial charge in [0.15, 0.2) is 0 Å². The third-order valence-corrected chi connectivity index (χ3v) is 21.8. The molecule has 3 aliphatic rings. The largest absolute Gasteiger partial charge is 1.00 e. The fourth-order valence-corrected chi connectivity index (χ4v) is 15.1. The number of carboxylic acid groups (broad SMARTS) is 2. The van der Waals surface area contributed by atoms with Gasteiger partial charge in [0.05, 0.1) is 5.92 Å². The third-order valence-electron chi connectivity index (χ3n) is 21.8. The van der Waals surface area contributed by atoms with Crippen LogP contribution in [-0.4, -0.2) is 204 Å². The molecule has 0 aromatic heterocycles. The van der Waals surface area contributed by atoms with E-state index in [-0.39, 0.29) is 190 Å². The molecule has 0 aliphatic carbocycles. The first-order chi connectivity index (χ1) is 54.6. The summed E-state index contributed by atoms with van der Waals surface area (Å²) in [6, 6.07) is -6.44. The number of carbonyl (C=O) groups excluding carboxylic acids is 15. The van der Waals surface area contributed by atoms with Crippen LogP contribution in [0.3, 0.4) is 0 Å². The third kappa shape index (κ3) is 52.3. The van der Waals surface area contributed by atoms with Crippen LogP contribution in [0.5, 0.6) is 0 Å². The van der Waals surface area contributed by atoms with Crippen molar-refractivity contribution in [1.29, 1.82) is 0 Å². The molecule has 652 valence electrons. The van der Waals surface area contributed by atoms with Gasteiger partial charge in [0, 0.05) is 103 Å². The molecule has 0 aromatic carbocycles. The molecule has 3 saturated heterocycles. The zero-order valence-electron chi connectivity index (χ0n) is 72.5. The van der Waals surface area contributed by atoms with E-state index in [1.165, 1.54) is 132 Å². The Bertz CT molecular complexity index is 2870. The van der Waals surface area contributed by atoms with Crippen molar-refractivity contribution >= 4 is 89.1 Å². The summed E-state index contributed by atoms with van der Waals surface area (Å²) < 4.78 is 0. The average molecular weight is 1680 g/mol. The number of aliphatic carboxylic acids is 2. The van der Waals surface area contributed by atoms with Gasteiger partial charge in [0.25, 0.3) is 0 Å². The van der Waals surface area contributed by atoms with Crippen molar-refractivity contribution in [3.05, 3.63) is 0 Å². The quantitative estimate of drug-likeness (QED) is 0.0171. The predicted molar refractivity (Wildman–Crippen MR) is 429 cm³/mol. The Morgan fingerprint density at radius 1 is 0.333 bits per heavy atom. The second kappa shape index (κ2) is 72.8. The van der Waals surface area contributed by atoms with E-state index in [9.17, 15) is 82.1 Å². The van der Waals surface area contributed by atoms with Gasteiger partial charge in [-0.05, 0) is 89.9 Å². The van der Waals surface area contributed by atoms with E-state index in [0.29, 0.717) is 83.8 Å². The van der Waals surface area contributed by atoms with Crippen molar-refractivity contribution in [2.24, 2.45) is 5.92 Å². The van der Waals surface area contributed by atoms with Crippen molar-refractivity contribution in [3.63, 3.8) is 0 Å². The summed E-state index contributed by atoms with van der Waals surface area (Å²) in [7, 11) is 0. The number of hydrogen-bond acceptors (Lipinski definition) is 18. The molecule has 3 rings (SSSR count). The molecular weight excluding hydrogens is 1530 g/mol. The summed E-state index contributed by atoms with van der Waals surface area (Å²) >= 11 is 0. The zero-order chi connectivity index (χ0) is 82.6. The first-order valence-corrected chi connectivity index (χ1v) is 43.8. The smallest absolute Gasteiger partial charge is 0.870 e. The molecule has 3 aliphatic heterocycles. The van der Waals surface area contributed by atoms with E-state index in [0.717, 1.165) is 70.6 Å². The van der Waals surface area contributed by atoms with E-state index in [2.05, 4.69) is 68.6 Å². The van der Waals surface area contributed by atoms with E-state index in [1.54, 1.807) is 11.2 Å². The maximum atomic E-state index is 14.0. The SMILES string of the molecule is CCCCCCCCCCCCCC(=O)N1CCCC1C(=O)NC(CC[C-]=O)C(=O)NCCNC(=O)CC(CC(=O)NCCNC(=O)C(CCC(=O)[O-])NC(=O)C1CCCN1C(=O)CCCCCCCCCCCCC)C(=O)NCCNC(=O)C(CCC(=O)[O-])NC(=O)C1CCCN1C(=O)CCCCCCCCCCCCC.[Na+].[Na+].[Na+].[OH-]. The molecule has 0 spiro atoms. The summed E-state index contributed by atoms with van der Waals surface area (Å²) in [4.78, 5) is 203. The Kier molecular flexibility index (Phi) is 71.1. The second-order valence-corrected chi connectivity index (χ2v) is 31.2. The molecule has 10 N–H and O–H groups in total. The maximum absolute atomic E-state index is 14.0. The molecule has 30 nitrogen and oxygen atoms in total. The van der Waals surface area contributed by atoms with Crippen LogP contribution in [0.25, 0.3) is 0 Å². The number of hydrogen-bond donors (Lipinski definition) is 9. The Morgan fingerprint density at radius 3 is 0.829 bits per heavy atom. The fourth-order valence-electron chi connectivity index (χ4n) is 15.1. The van der Waals surface area contributed by atoms with Crippen molar-refractivity contribution in [2.45, 2.75) is 378 Å². The van der Waals surface area contributed by atoms with Crippen LogP contribution in [0.4, 0.5) is 0 Å². The van der Waals surface area contributed by atoms with Crippen LogP contribution in [0.2, 0.25) is 0 Å². The van der Waals surface area contributed by atoms with Gasteiger partial charge in [-0.1, -0.05) is 213 Å². The number of rotatable bonds is 68. The molecule has 3 fully saturated rings. The summed E-state index contributed by atoms with van der Waals surface area (Å²) in [5.41, 5.74) is 0.